The van der Waals surface area contributed by atoms with Crippen molar-refractivity contribution in [2.75, 3.05) is 32.7 Å². The molecule has 1 saturated carbocycles. The van der Waals surface area contributed by atoms with Crippen LogP contribution in [0.15, 0.2) is 12.2 Å². The number of piperazine rings is 1. The summed E-state index contributed by atoms with van der Waals surface area (Å²) in [7, 11) is 0. The summed E-state index contributed by atoms with van der Waals surface area (Å²) in [6.07, 6.45) is 14.6. The molecule has 2 nitrogen and oxygen atoms in total. The van der Waals surface area contributed by atoms with E-state index in [9.17, 15) is 0 Å². The molecule has 0 radical (unpaired) electrons. The molecule has 20 heavy (non-hydrogen) atoms. The molecule has 0 N–H and O–H groups in total. The van der Waals surface area contributed by atoms with E-state index in [0.29, 0.717) is 0 Å². The van der Waals surface area contributed by atoms with E-state index in [0.717, 1.165) is 17.9 Å². The Hall–Kier alpha value is -0.340. The van der Waals surface area contributed by atoms with Crippen LogP contribution in [0.2, 0.25) is 0 Å². The van der Waals surface area contributed by atoms with Gasteiger partial charge in [0.2, 0.25) is 0 Å². The quantitative estimate of drug-likeness (QED) is 0.728. The van der Waals surface area contributed by atoms with Crippen LogP contribution in [-0.4, -0.2) is 48.6 Å². The van der Waals surface area contributed by atoms with E-state index in [2.05, 4.69) is 28.9 Å². The Kier molecular flexibility index (Phi) is 5.17. The van der Waals surface area contributed by atoms with Gasteiger partial charge in [-0.3, -0.25) is 4.90 Å². The lowest BCUT2D eigenvalue weighted by molar-refractivity contribution is 0.0613. The fourth-order valence-electron chi connectivity index (χ4n) is 4.43. The van der Waals surface area contributed by atoms with E-state index >= 15 is 0 Å². The van der Waals surface area contributed by atoms with Gasteiger partial charge in [0.25, 0.3) is 0 Å². The monoisotopic (exact) mass is 276 g/mol. The predicted molar refractivity (Wildman–Crippen MR) is 85.9 cm³/mol. The molecule has 3 atom stereocenters. The number of rotatable bonds is 3. The zero-order chi connectivity index (χ0) is 13.8. The van der Waals surface area contributed by atoms with Gasteiger partial charge >= 0.3 is 0 Å². The first-order chi connectivity index (χ1) is 9.81. The number of hydrogen-bond acceptors (Lipinski definition) is 2. The highest BCUT2D eigenvalue weighted by atomic mass is 15.3. The van der Waals surface area contributed by atoms with Gasteiger partial charge in [-0.25, -0.2) is 0 Å². The van der Waals surface area contributed by atoms with Crippen molar-refractivity contribution in [1.29, 1.82) is 0 Å². The molecular weight excluding hydrogens is 244 g/mol. The van der Waals surface area contributed by atoms with Gasteiger partial charge in [-0.15, -0.1) is 0 Å². The second-order valence-electron chi connectivity index (χ2n) is 7.41. The van der Waals surface area contributed by atoms with Gasteiger partial charge in [-0.2, -0.15) is 0 Å². The lowest BCUT2D eigenvalue weighted by atomic mass is 9.86. The second kappa shape index (κ2) is 7.09. The first-order valence-corrected chi connectivity index (χ1v) is 8.92. The average molecular weight is 276 g/mol. The van der Waals surface area contributed by atoms with Crippen molar-refractivity contribution in [1.82, 2.24) is 9.80 Å². The number of hydrogen-bond donors (Lipinski definition) is 0. The summed E-state index contributed by atoms with van der Waals surface area (Å²) < 4.78 is 0. The number of nitrogens with zero attached hydrogens (tertiary/aromatic N) is 2. The maximum absolute atomic E-state index is 2.80. The van der Waals surface area contributed by atoms with E-state index in [1.54, 1.807) is 0 Å². The van der Waals surface area contributed by atoms with E-state index in [4.69, 9.17) is 0 Å². The van der Waals surface area contributed by atoms with Crippen molar-refractivity contribution in [2.45, 2.75) is 57.9 Å². The smallest absolute Gasteiger partial charge is 0.0113 e. The predicted octanol–water partition coefficient (Wildman–Crippen LogP) is 3.54. The van der Waals surface area contributed by atoms with Crippen LogP contribution >= 0.6 is 0 Å². The molecule has 2 aliphatic carbocycles. The van der Waals surface area contributed by atoms with E-state index in [-0.39, 0.29) is 0 Å². The molecule has 2 heteroatoms. The lowest BCUT2D eigenvalue weighted by Crippen LogP contribution is -2.52. The summed E-state index contributed by atoms with van der Waals surface area (Å²) in [5, 5.41) is 0. The molecule has 3 aliphatic rings. The SMILES string of the molecule is C[C@H]1CCC[C@H](N2CCN(C[C@H]3CC=CCC3)CC2)C1. The van der Waals surface area contributed by atoms with Crippen LogP contribution < -0.4 is 0 Å². The molecule has 0 unspecified atom stereocenters. The maximum Gasteiger partial charge on any atom is 0.0113 e. The third kappa shape index (κ3) is 3.85. The minimum Gasteiger partial charge on any atom is -0.301 e. The molecule has 1 saturated heterocycles. The zero-order valence-electron chi connectivity index (χ0n) is 13.3. The van der Waals surface area contributed by atoms with Crippen LogP contribution in [-0.2, 0) is 0 Å². The normalized spacial score (nSPS) is 37.1. The highest BCUT2D eigenvalue weighted by Crippen LogP contribution is 2.28. The topological polar surface area (TPSA) is 6.48 Å². The van der Waals surface area contributed by atoms with Crippen molar-refractivity contribution in [2.24, 2.45) is 11.8 Å². The third-order valence-corrected chi connectivity index (χ3v) is 5.73. The van der Waals surface area contributed by atoms with Crippen LogP contribution in [0, 0.1) is 11.8 Å². The largest absolute Gasteiger partial charge is 0.301 e. The van der Waals surface area contributed by atoms with Crippen LogP contribution in [0.3, 0.4) is 0 Å². The first kappa shape index (κ1) is 14.6. The van der Waals surface area contributed by atoms with Gasteiger partial charge in [-0.1, -0.05) is 31.9 Å². The van der Waals surface area contributed by atoms with E-state index in [1.165, 1.54) is 77.7 Å². The van der Waals surface area contributed by atoms with Crippen molar-refractivity contribution in [3.63, 3.8) is 0 Å². The zero-order valence-corrected chi connectivity index (χ0v) is 13.3. The molecule has 0 aromatic carbocycles. The summed E-state index contributed by atoms with van der Waals surface area (Å²) in [5.41, 5.74) is 0. The fraction of sp³-hybridized carbons (Fsp3) is 0.889. The molecule has 0 amide bonds. The standard InChI is InChI=1S/C18H32N2/c1-16-6-5-9-18(14-16)20-12-10-19(11-13-20)15-17-7-3-2-4-8-17/h2-3,16-18H,4-15H2,1H3/t16-,17-,18-/m0/s1. The Balaban J connectivity index is 1.41. The Morgan fingerprint density at radius 1 is 1.00 bits per heavy atom. The molecule has 0 aromatic heterocycles. The average Bonchev–Trinajstić information content (AvgIpc) is 2.49. The summed E-state index contributed by atoms with van der Waals surface area (Å²) >= 11 is 0. The Bertz CT molecular complexity index is 317. The first-order valence-electron chi connectivity index (χ1n) is 8.92. The molecule has 2 fully saturated rings. The third-order valence-electron chi connectivity index (χ3n) is 5.73. The maximum atomic E-state index is 2.80. The Labute approximate surface area is 125 Å². The van der Waals surface area contributed by atoms with Gasteiger partial charge in [0.05, 0.1) is 0 Å². The minimum absolute atomic E-state index is 0.901. The van der Waals surface area contributed by atoms with Crippen molar-refractivity contribution < 1.29 is 0 Å². The fourth-order valence-corrected chi connectivity index (χ4v) is 4.43. The van der Waals surface area contributed by atoms with Gasteiger partial charge in [-0.05, 0) is 43.9 Å². The molecule has 1 heterocycles. The highest BCUT2D eigenvalue weighted by Gasteiger charge is 2.28. The second-order valence-corrected chi connectivity index (χ2v) is 7.41. The van der Waals surface area contributed by atoms with Crippen LogP contribution in [0.1, 0.15) is 51.9 Å². The summed E-state index contributed by atoms with van der Waals surface area (Å²) in [4.78, 5) is 5.53. The van der Waals surface area contributed by atoms with E-state index < -0.39 is 0 Å². The molecule has 3 rings (SSSR count). The molecule has 0 aromatic rings. The van der Waals surface area contributed by atoms with Gasteiger partial charge < -0.3 is 4.90 Å². The molecule has 0 bridgehead atoms. The molecule has 1 aliphatic heterocycles. The van der Waals surface area contributed by atoms with Gasteiger partial charge in [0, 0.05) is 38.8 Å². The summed E-state index contributed by atoms with van der Waals surface area (Å²) in [6, 6.07) is 0.901. The number of allylic oxidation sites excluding steroid dienone is 2. The van der Waals surface area contributed by atoms with E-state index in [1.807, 2.05) is 0 Å². The Morgan fingerprint density at radius 3 is 2.55 bits per heavy atom. The summed E-state index contributed by atoms with van der Waals surface area (Å²) in [6.45, 7) is 9.05. The van der Waals surface area contributed by atoms with Crippen LogP contribution in [0.25, 0.3) is 0 Å². The van der Waals surface area contributed by atoms with Crippen LogP contribution in [0.5, 0.6) is 0 Å². The van der Waals surface area contributed by atoms with Gasteiger partial charge in [0.15, 0.2) is 0 Å². The lowest BCUT2D eigenvalue weighted by Gasteiger charge is -2.42. The molecule has 114 valence electrons. The van der Waals surface area contributed by atoms with Crippen molar-refractivity contribution in [3.8, 4) is 0 Å². The molecular formula is C18H32N2. The minimum atomic E-state index is 0.901. The van der Waals surface area contributed by atoms with Crippen molar-refractivity contribution >= 4 is 0 Å². The molecule has 0 spiro atoms. The van der Waals surface area contributed by atoms with Crippen LogP contribution in [0.4, 0.5) is 0 Å². The Morgan fingerprint density at radius 2 is 1.85 bits per heavy atom. The summed E-state index contributed by atoms with van der Waals surface area (Å²) in [5.74, 6) is 1.89. The van der Waals surface area contributed by atoms with Gasteiger partial charge in [0.1, 0.15) is 0 Å². The highest BCUT2D eigenvalue weighted by molar-refractivity contribution is 4.91. The van der Waals surface area contributed by atoms with Crippen molar-refractivity contribution in [3.05, 3.63) is 12.2 Å².